The third kappa shape index (κ3) is 4.81. The minimum atomic E-state index is -3.82. The van der Waals surface area contributed by atoms with Crippen molar-refractivity contribution in [2.75, 3.05) is 7.11 Å². The van der Waals surface area contributed by atoms with Crippen molar-refractivity contribution in [1.82, 2.24) is 4.72 Å². The molecule has 7 heteroatoms. The van der Waals surface area contributed by atoms with Crippen LogP contribution in [0.3, 0.4) is 0 Å². The van der Waals surface area contributed by atoms with Gasteiger partial charge in [-0.25, -0.2) is 8.42 Å². The summed E-state index contributed by atoms with van der Waals surface area (Å²) >= 11 is 0. The van der Waals surface area contributed by atoms with Crippen LogP contribution in [0, 0.1) is 0 Å². The Morgan fingerprint density at radius 2 is 1.71 bits per heavy atom. The Morgan fingerprint density at radius 1 is 1.08 bits per heavy atom. The van der Waals surface area contributed by atoms with Gasteiger partial charge in [0.05, 0.1) is 12.0 Å². The molecule has 2 rings (SSSR count). The van der Waals surface area contributed by atoms with Gasteiger partial charge >= 0.3 is 5.97 Å². The van der Waals surface area contributed by atoms with Crippen molar-refractivity contribution in [2.45, 2.75) is 24.5 Å². The Bertz CT molecular complexity index is 772. The normalized spacial score (nSPS) is 12.4. The molecule has 0 aliphatic heterocycles. The Morgan fingerprint density at radius 3 is 2.29 bits per heavy atom. The Labute approximate surface area is 141 Å². The molecule has 1 atom stereocenters. The number of esters is 1. The average Bonchev–Trinajstić information content (AvgIpc) is 2.60. The molecule has 0 aliphatic carbocycles. The lowest BCUT2D eigenvalue weighted by molar-refractivity contribution is -0.146. The van der Waals surface area contributed by atoms with Crippen LogP contribution in [-0.4, -0.2) is 27.5 Å². The summed E-state index contributed by atoms with van der Waals surface area (Å²) in [5, 5.41) is 0. The molecular weight excluding hydrogens is 330 g/mol. The molecule has 0 saturated heterocycles. The van der Waals surface area contributed by atoms with E-state index in [0.29, 0.717) is 5.75 Å². The van der Waals surface area contributed by atoms with Crippen molar-refractivity contribution in [2.24, 2.45) is 0 Å². The summed E-state index contributed by atoms with van der Waals surface area (Å²) in [5.74, 6) is -0.0970. The Hall–Kier alpha value is -2.38. The van der Waals surface area contributed by atoms with Crippen LogP contribution in [0.1, 0.15) is 12.5 Å². The summed E-state index contributed by atoms with van der Waals surface area (Å²) in [4.78, 5) is 12.0. The van der Waals surface area contributed by atoms with Crippen molar-refractivity contribution in [3.8, 4) is 5.75 Å². The van der Waals surface area contributed by atoms with Gasteiger partial charge in [-0.2, -0.15) is 4.72 Å². The second kappa shape index (κ2) is 7.94. The van der Waals surface area contributed by atoms with Gasteiger partial charge < -0.3 is 9.47 Å². The summed E-state index contributed by atoms with van der Waals surface area (Å²) in [6.07, 6.45) is 0. The van der Waals surface area contributed by atoms with Crippen molar-refractivity contribution in [3.63, 3.8) is 0 Å². The highest BCUT2D eigenvalue weighted by Gasteiger charge is 2.23. The first-order chi connectivity index (χ1) is 11.4. The molecule has 0 radical (unpaired) electrons. The molecule has 0 unspecified atom stereocenters. The minimum absolute atomic E-state index is 0.0472. The number of hydrogen-bond donors (Lipinski definition) is 1. The van der Waals surface area contributed by atoms with Gasteiger partial charge in [0, 0.05) is 0 Å². The van der Waals surface area contributed by atoms with E-state index in [2.05, 4.69) is 4.72 Å². The summed E-state index contributed by atoms with van der Waals surface area (Å²) in [5.41, 5.74) is 0.830. The van der Waals surface area contributed by atoms with E-state index in [1.54, 1.807) is 0 Å². The molecule has 24 heavy (non-hydrogen) atoms. The van der Waals surface area contributed by atoms with E-state index in [1.807, 2.05) is 30.3 Å². The molecule has 0 aromatic heterocycles. The van der Waals surface area contributed by atoms with E-state index in [9.17, 15) is 13.2 Å². The maximum atomic E-state index is 12.3. The van der Waals surface area contributed by atoms with Crippen LogP contribution in [-0.2, 0) is 26.2 Å². The molecule has 0 fully saturated rings. The molecule has 2 aromatic carbocycles. The molecule has 0 aliphatic rings. The van der Waals surface area contributed by atoms with Crippen LogP contribution >= 0.6 is 0 Å². The van der Waals surface area contributed by atoms with Crippen LogP contribution < -0.4 is 9.46 Å². The largest absolute Gasteiger partial charge is 0.497 e. The van der Waals surface area contributed by atoms with Crippen molar-refractivity contribution >= 4 is 16.0 Å². The van der Waals surface area contributed by atoms with Gasteiger partial charge in [0.1, 0.15) is 18.4 Å². The van der Waals surface area contributed by atoms with E-state index in [-0.39, 0.29) is 11.5 Å². The number of methoxy groups -OCH3 is 1. The molecule has 2 aromatic rings. The molecule has 0 spiro atoms. The average molecular weight is 349 g/mol. The topological polar surface area (TPSA) is 81.7 Å². The summed E-state index contributed by atoms with van der Waals surface area (Å²) < 4.78 is 36.9. The predicted molar refractivity (Wildman–Crippen MR) is 89.0 cm³/mol. The van der Waals surface area contributed by atoms with E-state index in [1.165, 1.54) is 38.3 Å². The third-order valence-corrected chi connectivity index (χ3v) is 4.84. The molecule has 0 heterocycles. The number of sulfonamides is 1. The third-order valence-electron chi connectivity index (χ3n) is 3.28. The number of hydrogen-bond acceptors (Lipinski definition) is 5. The number of nitrogens with one attached hydrogen (secondary N) is 1. The molecule has 1 N–H and O–H groups in total. The molecule has 0 amide bonds. The lowest BCUT2D eigenvalue weighted by atomic mass is 10.2. The molecule has 0 saturated carbocycles. The van der Waals surface area contributed by atoms with Crippen LogP contribution in [0.2, 0.25) is 0 Å². The monoisotopic (exact) mass is 349 g/mol. The highest BCUT2D eigenvalue weighted by atomic mass is 32.2. The minimum Gasteiger partial charge on any atom is -0.497 e. The fraction of sp³-hybridized carbons (Fsp3) is 0.235. The van der Waals surface area contributed by atoms with Crippen LogP contribution in [0.4, 0.5) is 0 Å². The highest BCUT2D eigenvalue weighted by molar-refractivity contribution is 7.89. The first-order valence-corrected chi connectivity index (χ1v) is 8.77. The van der Waals surface area contributed by atoms with Gasteiger partial charge in [0.2, 0.25) is 10.0 Å². The quantitative estimate of drug-likeness (QED) is 0.774. The smallest absolute Gasteiger partial charge is 0.324 e. The SMILES string of the molecule is COc1ccc(S(=O)(=O)N[C@@H](C)C(=O)OCc2ccccc2)cc1. The number of benzene rings is 2. The first-order valence-electron chi connectivity index (χ1n) is 7.29. The fourth-order valence-corrected chi connectivity index (χ4v) is 3.15. The molecule has 128 valence electrons. The maximum Gasteiger partial charge on any atom is 0.324 e. The Kier molecular flexibility index (Phi) is 5.94. The predicted octanol–water partition coefficient (Wildman–Crippen LogP) is 2.11. The first kappa shape index (κ1) is 18.0. The number of rotatable bonds is 7. The van der Waals surface area contributed by atoms with Gasteiger partial charge in [-0.15, -0.1) is 0 Å². The molecule has 6 nitrogen and oxygen atoms in total. The number of carbonyl (C=O) groups excluding carboxylic acids is 1. The van der Waals surface area contributed by atoms with Crippen molar-refractivity contribution in [1.29, 1.82) is 0 Å². The lowest BCUT2D eigenvalue weighted by Crippen LogP contribution is -2.39. The molecular formula is C17H19NO5S. The van der Waals surface area contributed by atoms with E-state index in [0.717, 1.165) is 5.56 Å². The van der Waals surface area contributed by atoms with Crippen LogP contribution in [0.25, 0.3) is 0 Å². The Balaban J connectivity index is 1.96. The summed E-state index contributed by atoms with van der Waals surface area (Å²) in [6, 6.07) is 14.0. The van der Waals surface area contributed by atoms with Gasteiger partial charge in [0.15, 0.2) is 0 Å². The zero-order valence-corrected chi connectivity index (χ0v) is 14.2. The van der Waals surface area contributed by atoms with Crippen LogP contribution in [0.15, 0.2) is 59.5 Å². The number of ether oxygens (including phenoxy) is 2. The van der Waals surface area contributed by atoms with E-state index < -0.39 is 22.0 Å². The highest BCUT2D eigenvalue weighted by Crippen LogP contribution is 2.15. The maximum absolute atomic E-state index is 12.3. The molecule has 0 bridgehead atoms. The lowest BCUT2D eigenvalue weighted by Gasteiger charge is -2.14. The second-order valence-electron chi connectivity index (χ2n) is 5.11. The van der Waals surface area contributed by atoms with Crippen molar-refractivity contribution < 1.29 is 22.7 Å². The van der Waals surface area contributed by atoms with Gasteiger partial charge in [-0.1, -0.05) is 30.3 Å². The zero-order valence-electron chi connectivity index (χ0n) is 13.4. The van der Waals surface area contributed by atoms with E-state index in [4.69, 9.17) is 9.47 Å². The van der Waals surface area contributed by atoms with Gasteiger partial charge in [0.25, 0.3) is 0 Å². The van der Waals surface area contributed by atoms with Gasteiger partial charge in [-0.3, -0.25) is 4.79 Å². The fourth-order valence-electron chi connectivity index (χ4n) is 1.96. The van der Waals surface area contributed by atoms with Gasteiger partial charge in [-0.05, 0) is 36.8 Å². The summed E-state index contributed by atoms with van der Waals surface area (Å²) in [6.45, 7) is 1.53. The van der Waals surface area contributed by atoms with Crippen LogP contribution in [0.5, 0.6) is 5.75 Å². The van der Waals surface area contributed by atoms with E-state index >= 15 is 0 Å². The zero-order chi connectivity index (χ0) is 17.6. The van der Waals surface area contributed by atoms with Crippen molar-refractivity contribution in [3.05, 3.63) is 60.2 Å². The summed E-state index contributed by atoms with van der Waals surface area (Å²) in [7, 11) is -2.33. The number of carbonyl (C=O) groups is 1. The second-order valence-corrected chi connectivity index (χ2v) is 6.83. The standard InChI is InChI=1S/C17H19NO5S/c1-13(17(19)23-12-14-6-4-3-5-7-14)18-24(20,21)16-10-8-15(22-2)9-11-16/h3-11,13,18H,12H2,1-2H3/t13-/m0/s1.